The van der Waals surface area contributed by atoms with Gasteiger partial charge in [-0.2, -0.15) is 5.26 Å². The van der Waals surface area contributed by atoms with E-state index in [2.05, 4.69) is 0 Å². The van der Waals surface area contributed by atoms with Crippen LogP contribution in [0.3, 0.4) is 0 Å². The van der Waals surface area contributed by atoms with Gasteiger partial charge in [-0.05, 0) is 6.66 Å². The van der Waals surface area contributed by atoms with E-state index in [4.69, 9.17) is 21.6 Å². The van der Waals surface area contributed by atoms with Gasteiger partial charge in [0.25, 0.3) is 0 Å². The molecule has 0 N–H and O–H groups in total. The highest BCUT2D eigenvalue weighted by atomic mass is 32.4. The van der Waals surface area contributed by atoms with Crippen molar-refractivity contribution >= 4 is 18.7 Å². The minimum Gasteiger partial charge on any atom is -0.353 e. The summed E-state index contributed by atoms with van der Waals surface area (Å²) in [6.45, 7) is 1.40. The fourth-order valence-corrected chi connectivity index (χ4v) is 0.880. The fraction of sp³-hybridized carbons (Fsp3) is 0.750. The molecule has 0 rings (SSSR count). The third-order valence-electron chi connectivity index (χ3n) is 0.519. The second-order valence-corrected chi connectivity index (χ2v) is 4.24. The Kier molecular flexibility index (Phi) is 5.31. The summed E-state index contributed by atoms with van der Waals surface area (Å²) in [5.41, 5.74) is 0. The molecule has 0 saturated heterocycles. The van der Waals surface area contributed by atoms with Crippen molar-refractivity contribution < 1.29 is 4.52 Å². The Hall–Kier alpha value is 0.100. The lowest BCUT2D eigenvalue weighted by atomic mass is 10.5. The zero-order valence-electron chi connectivity index (χ0n) is 4.68. The maximum Gasteiger partial charge on any atom is 0.0646 e. The average Bonchev–Trinajstić information content (AvgIpc) is 1.66. The molecule has 0 radical (unpaired) electrons. The van der Waals surface area contributed by atoms with Gasteiger partial charge in [0.2, 0.25) is 0 Å². The summed E-state index contributed by atoms with van der Waals surface area (Å²) in [6, 6.07) is 1.97. The highest BCUT2D eigenvalue weighted by Gasteiger charge is 1.83. The van der Waals surface area contributed by atoms with E-state index >= 15 is 0 Å². The number of hydrogen-bond acceptors (Lipinski definition) is 3. The number of nitrogens with zero attached hydrogens (tertiary/aromatic N) is 1. The minimum absolute atomic E-state index is 0.457. The van der Waals surface area contributed by atoms with Crippen LogP contribution in [-0.4, -0.2) is 13.3 Å². The largest absolute Gasteiger partial charge is 0.353 e. The molecular weight excluding hydrogens is 141 g/mol. The Bertz CT molecular complexity index is 120. The molecular formula is C4H8NOPS. The molecule has 0 aliphatic heterocycles. The predicted molar refractivity (Wildman–Crippen MR) is 37.8 cm³/mol. The summed E-state index contributed by atoms with van der Waals surface area (Å²) in [6.07, 6.45) is 0.457. The Balaban J connectivity index is 2.97. The zero-order valence-corrected chi connectivity index (χ0v) is 6.49. The Morgan fingerprint density at radius 3 is 2.88 bits per heavy atom. The van der Waals surface area contributed by atoms with Crippen molar-refractivity contribution in [1.82, 2.24) is 0 Å². The quantitative estimate of drug-likeness (QED) is 0.445. The molecule has 46 valence electrons. The first-order valence-corrected chi connectivity index (χ1v) is 5.32. The number of nitriles is 1. The predicted octanol–water partition coefficient (Wildman–Crippen LogP) is 1.14. The third kappa shape index (κ3) is 6.10. The summed E-state index contributed by atoms with van der Waals surface area (Å²) in [5, 5.41) is 8.03. The van der Waals surface area contributed by atoms with Crippen molar-refractivity contribution in [2.75, 3.05) is 13.3 Å². The molecule has 0 aromatic heterocycles. The van der Waals surface area contributed by atoms with Crippen LogP contribution in [0.2, 0.25) is 0 Å². The molecule has 0 heterocycles. The summed E-state index contributed by atoms with van der Waals surface area (Å²) in [5.74, 6) is 0. The van der Waals surface area contributed by atoms with Gasteiger partial charge in [0.15, 0.2) is 0 Å². The van der Waals surface area contributed by atoms with Crippen molar-refractivity contribution in [3.05, 3.63) is 0 Å². The second-order valence-electron chi connectivity index (χ2n) is 1.25. The molecule has 1 unspecified atom stereocenters. The van der Waals surface area contributed by atoms with Gasteiger partial charge in [-0.25, -0.2) is 0 Å². The van der Waals surface area contributed by atoms with E-state index in [1.807, 2.05) is 12.7 Å². The van der Waals surface area contributed by atoms with Gasteiger partial charge in [-0.3, -0.25) is 0 Å². The highest BCUT2D eigenvalue weighted by molar-refractivity contribution is 8.02. The van der Waals surface area contributed by atoms with E-state index < -0.39 is 6.92 Å². The second kappa shape index (κ2) is 5.24. The van der Waals surface area contributed by atoms with Crippen LogP contribution in [0.5, 0.6) is 0 Å². The first-order chi connectivity index (χ1) is 3.77. The van der Waals surface area contributed by atoms with Crippen LogP contribution >= 0.6 is 6.92 Å². The Morgan fingerprint density at radius 2 is 2.50 bits per heavy atom. The van der Waals surface area contributed by atoms with Crippen molar-refractivity contribution in [3.63, 3.8) is 0 Å². The van der Waals surface area contributed by atoms with E-state index in [0.717, 1.165) is 0 Å². The molecule has 0 aliphatic rings. The van der Waals surface area contributed by atoms with Gasteiger partial charge in [0.05, 0.1) is 26.0 Å². The molecule has 0 saturated carbocycles. The van der Waals surface area contributed by atoms with Gasteiger partial charge in [-0.1, -0.05) is 11.8 Å². The van der Waals surface area contributed by atoms with Gasteiger partial charge in [0, 0.05) is 0 Å². The fourth-order valence-electron chi connectivity index (χ4n) is 0.240. The van der Waals surface area contributed by atoms with E-state index in [1.54, 1.807) is 0 Å². The van der Waals surface area contributed by atoms with Crippen molar-refractivity contribution in [2.24, 2.45) is 0 Å². The number of rotatable bonds is 3. The third-order valence-corrected chi connectivity index (χ3v) is 1.48. The Labute approximate surface area is 55.0 Å². The molecule has 0 spiro atoms. The first kappa shape index (κ1) is 8.10. The zero-order chi connectivity index (χ0) is 6.41. The van der Waals surface area contributed by atoms with Gasteiger partial charge in [-0.15, -0.1) is 0 Å². The molecule has 0 bridgehead atoms. The van der Waals surface area contributed by atoms with Crippen LogP contribution in [0.4, 0.5) is 0 Å². The monoisotopic (exact) mass is 149 g/mol. The van der Waals surface area contributed by atoms with Crippen molar-refractivity contribution in [3.8, 4) is 6.07 Å². The minimum atomic E-state index is -0.975. The summed E-state index contributed by atoms with van der Waals surface area (Å²) >= 11 is 4.76. The van der Waals surface area contributed by atoms with Gasteiger partial charge >= 0.3 is 0 Å². The van der Waals surface area contributed by atoms with E-state index in [1.165, 1.54) is 0 Å². The van der Waals surface area contributed by atoms with E-state index in [9.17, 15) is 0 Å². The van der Waals surface area contributed by atoms with Crippen LogP contribution in [-0.2, 0) is 16.3 Å². The molecule has 1 atom stereocenters. The van der Waals surface area contributed by atoms with Gasteiger partial charge < -0.3 is 4.52 Å². The lowest BCUT2D eigenvalue weighted by Crippen LogP contribution is -1.81. The highest BCUT2D eigenvalue weighted by Crippen LogP contribution is 2.14. The standard InChI is InChI=1S/C4H8NOPS/c1-7(8)6-4-2-3-5/h7H,2,4H2,1H3. The summed E-state index contributed by atoms with van der Waals surface area (Å²) in [7, 11) is 0. The van der Waals surface area contributed by atoms with Crippen LogP contribution in [0.15, 0.2) is 0 Å². The molecule has 0 aliphatic carbocycles. The molecule has 0 aromatic carbocycles. The molecule has 0 amide bonds. The molecule has 4 heteroatoms. The maximum atomic E-state index is 8.03. The molecule has 0 aromatic rings. The summed E-state index contributed by atoms with van der Waals surface area (Å²) in [4.78, 5) is 0. The molecule has 0 fully saturated rings. The van der Waals surface area contributed by atoms with Crippen LogP contribution in [0.25, 0.3) is 0 Å². The SMILES string of the molecule is C[PH](=S)OCCC#N. The van der Waals surface area contributed by atoms with E-state index in [0.29, 0.717) is 13.0 Å². The van der Waals surface area contributed by atoms with Crippen LogP contribution in [0.1, 0.15) is 6.42 Å². The Morgan fingerprint density at radius 1 is 1.88 bits per heavy atom. The van der Waals surface area contributed by atoms with Gasteiger partial charge in [0.1, 0.15) is 0 Å². The summed E-state index contributed by atoms with van der Waals surface area (Å²) < 4.78 is 4.98. The van der Waals surface area contributed by atoms with Crippen molar-refractivity contribution in [1.29, 1.82) is 5.26 Å². The normalized spacial score (nSPS) is 12.5. The van der Waals surface area contributed by atoms with Crippen LogP contribution in [0, 0.1) is 11.3 Å². The smallest absolute Gasteiger partial charge is 0.0646 e. The molecule has 2 nitrogen and oxygen atoms in total. The topological polar surface area (TPSA) is 33.0 Å². The number of hydrogen-bond donors (Lipinski definition) is 0. The lowest BCUT2D eigenvalue weighted by molar-refractivity contribution is 0.374. The van der Waals surface area contributed by atoms with Crippen molar-refractivity contribution in [2.45, 2.75) is 6.42 Å². The average molecular weight is 149 g/mol. The van der Waals surface area contributed by atoms with E-state index in [-0.39, 0.29) is 0 Å². The maximum absolute atomic E-state index is 8.03. The first-order valence-electron chi connectivity index (χ1n) is 2.27. The lowest BCUT2D eigenvalue weighted by Gasteiger charge is -1.94. The van der Waals surface area contributed by atoms with Crippen LogP contribution < -0.4 is 0 Å². The molecule has 8 heavy (non-hydrogen) atoms.